The average molecular weight is 256 g/mol. The molecule has 0 fully saturated rings. The molecular formula is C15H16N2O2. The molecule has 19 heavy (non-hydrogen) atoms. The van der Waals surface area contributed by atoms with Gasteiger partial charge in [-0.1, -0.05) is 12.1 Å². The van der Waals surface area contributed by atoms with Gasteiger partial charge in [-0.25, -0.2) is 0 Å². The van der Waals surface area contributed by atoms with E-state index in [4.69, 9.17) is 4.42 Å². The third kappa shape index (κ3) is 2.53. The highest BCUT2D eigenvalue weighted by molar-refractivity contribution is 5.96. The van der Waals surface area contributed by atoms with Crippen LogP contribution in [-0.4, -0.2) is 12.5 Å². The molecule has 0 aliphatic carbocycles. The van der Waals surface area contributed by atoms with Gasteiger partial charge in [0.15, 0.2) is 0 Å². The van der Waals surface area contributed by atoms with Gasteiger partial charge in [0.1, 0.15) is 5.76 Å². The Morgan fingerprint density at radius 2 is 2.26 bits per heavy atom. The van der Waals surface area contributed by atoms with Crippen molar-refractivity contribution in [3.05, 3.63) is 59.0 Å². The lowest BCUT2D eigenvalue weighted by molar-refractivity contribution is 0.0946. The molecule has 0 saturated heterocycles. The first-order valence-corrected chi connectivity index (χ1v) is 6.46. The quantitative estimate of drug-likeness (QED) is 0.881. The highest BCUT2D eigenvalue weighted by atomic mass is 16.3. The van der Waals surface area contributed by atoms with Gasteiger partial charge in [-0.05, 0) is 42.3 Å². The van der Waals surface area contributed by atoms with E-state index in [1.54, 1.807) is 6.26 Å². The second-order valence-corrected chi connectivity index (χ2v) is 4.63. The average Bonchev–Trinajstić information content (AvgIpc) is 2.97. The Kier molecular flexibility index (Phi) is 3.33. The summed E-state index contributed by atoms with van der Waals surface area (Å²) in [5.74, 6) is 0.716. The van der Waals surface area contributed by atoms with Crippen molar-refractivity contribution in [1.82, 2.24) is 10.6 Å². The molecule has 4 nitrogen and oxygen atoms in total. The van der Waals surface area contributed by atoms with Crippen LogP contribution in [0.4, 0.5) is 0 Å². The van der Waals surface area contributed by atoms with E-state index in [2.05, 4.69) is 16.7 Å². The molecular weight excluding hydrogens is 240 g/mol. The summed E-state index contributed by atoms with van der Waals surface area (Å²) in [4.78, 5) is 12.2. The maximum absolute atomic E-state index is 12.2. The Morgan fingerprint density at radius 3 is 3.11 bits per heavy atom. The van der Waals surface area contributed by atoms with Crippen LogP contribution in [0.5, 0.6) is 0 Å². The standard InChI is InChI=1S/C15H16N2O2/c18-15(17-9-12-4-2-8-19-12)13-5-1-3-11-6-7-16-10-14(11)13/h1-5,8,16H,6-7,9-10H2,(H,17,18). The first-order chi connectivity index (χ1) is 9.34. The zero-order valence-corrected chi connectivity index (χ0v) is 10.6. The van der Waals surface area contributed by atoms with Crippen molar-refractivity contribution in [2.45, 2.75) is 19.5 Å². The largest absolute Gasteiger partial charge is 0.467 e. The van der Waals surface area contributed by atoms with Gasteiger partial charge in [0.05, 0.1) is 12.8 Å². The van der Waals surface area contributed by atoms with E-state index in [0.717, 1.165) is 36.4 Å². The van der Waals surface area contributed by atoms with Crippen LogP contribution in [0.1, 0.15) is 27.2 Å². The van der Waals surface area contributed by atoms with E-state index in [9.17, 15) is 4.79 Å². The Balaban J connectivity index is 1.76. The monoisotopic (exact) mass is 256 g/mol. The number of carbonyl (C=O) groups is 1. The number of hydrogen-bond acceptors (Lipinski definition) is 3. The number of benzene rings is 1. The van der Waals surface area contributed by atoms with E-state index in [1.807, 2.05) is 24.3 Å². The van der Waals surface area contributed by atoms with Crippen LogP contribution in [0, 0.1) is 0 Å². The minimum Gasteiger partial charge on any atom is -0.467 e. The minimum atomic E-state index is -0.0445. The van der Waals surface area contributed by atoms with E-state index in [0.29, 0.717) is 6.54 Å². The molecule has 1 aromatic heterocycles. The van der Waals surface area contributed by atoms with E-state index < -0.39 is 0 Å². The molecule has 0 saturated carbocycles. The van der Waals surface area contributed by atoms with Gasteiger partial charge in [-0.15, -0.1) is 0 Å². The highest BCUT2D eigenvalue weighted by Gasteiger charge is 2.17. The van der Waals surface area contributed by atoms with Crippen molar-refractivity contribution in [2.75, 3.05) is 6.54 Å². The first-order valence-electron chi connectivity index (χ1n) is 6.46. The summed E-state index contributed by atoms with van der Waals surface area (Å²) >= 11 is 0. The van der Waals surface area contributed by atoms with Crippen LogP contribution >= 0.6 is 0 Å². The third-order valence-corrected chi connectivity index (χ3v) is 3.39. The van der Waals surface area contributed by atoms with E-state index in [-0.39, 0.29) is 5.91 Å². The number of rotatable bonds is 3. The fourth-order valence-corrected chi connectivity index (χ4v) is 2.40. The molecule has 1 aromatic carbocycles. The lowest BCUT2D eigenvalue weighted by Crippen LogP contribution is -2.29. The molecule has 0 bridgehead atoms. The molecule has 0 unspecified atom stereocenters. The Morgan fingerprint density at radius 1 is 1.32 bits per heavy atom. The van der Waals surface area contributed by atoms with Gasteiger partial charge in [0.2, 0.25) is 0 Å². The number of amides is 1. The molecule has 0 radical (unpaired) electrons. The molecule has 0 atom stereocenters. The molecule has 4 heteroatoms. The molecule has 0 spiro atoms. The number of hydrogen-bond donors (Lipinski definition) is 2. The summed E-state index contributed by atoms with van der Waals surface area (Å²) in [6, 6.07) is 9.59. The zero-order chi connectivity index (χ0) is 13.1. The summed E-state index contributed by atoms with van der Waals surface area (Å²) in [6.45, 7) is 2.16. The molecule has 1 amide bonds. The Hall–Kier alpha value is -2.07. The molecule has 3 rings (SSSR count). The fraction of sp³-hybridized carbons (Fsp3) is 0.267. The summed E-state index contributed by atoms with van der Waals surface area (Å²) in [5.41, 5.74) is 3.14. The van der Waals surface area contributed by atoms with Crippen LogP contribution in [0.15, 0.2) is 41.0 Å². The van der Waals surface area contributed by atoms with Gasteiger partial charge < -0.3 is 15.1 Å². The van der Waals surface area contributed by atoms with Gasteiger partial charge in [0, 0.05) is 12.1 Å². The van der Waals surface area contributed by atoms with Crippen molar-refractivity contribution in [3.63, 3.8) is 0 Å². The minimum absolute atomic E-state index is 0.0445. The SMILES string of the molecule is O=C(NCc1ccco1)c1cccc2c1CNCC2. The van der Waals surface area contributed by atoms with Crippen molar-refractivity contribution in [3.8, 4) is 0 Å². The lowest BCUT2D eigenvalue weighted by Gasteiger charge is -2.19. The zero-order valence-electron chi connectivity index (χ0n) is 10.6. The summed E-state index contributed by atoms with van der Waals surface area (Å²) < 4.78 is 5.21. The van der Waals surface area contributed by atoms with Crippen molar-refractivity contribution >= 4 is 5.91 Å². The highest BCUT2D eigenvalue weighted by Crippen LogP contribution is 2.18. The van der Waals surface area contributed by atoms with Gasteiger partial charge in [-0.2, -0.15) is 0 Å². The van der Waals surface area contributed by atoms with E-state index in [1.165, 1.54) is 5.56 Å². The molecule has 2 N–H and O–H groups in total. The molecule has 2 heterocycles. The van der Waals surface area contributed by atoms with E-state index >= 15 is 0 Å². The normalized spacial score (nSPS) is 13.9. The predicted octanol–water partition coefficient (Wildman–Crippen LogP) is 1.86. The van der Waals surface area contributed by atoms with Crippen molar-refractivity contribution in [2.24, 2.45) is 0 Å². The topological polar surface area (TPSA) is 54.3 Å². The fourth-order valence-electron chi connectivity index (χ4n) is 2.40. The lowest BCUT2D eigenvalue weighted by atomic mass is 9.95. The molecule has 1 aliphatic rings. The second kappa shape index (κ2) is 5.28. The summed E-state index contributed by atoms with van der Waals surface area (Å²) in [7, 11) is 0. The molecule has 2 aromatic rings. The number of carbonyl (C=O) groups excluding carboxylic acids is 1. The number of nitrogens with one attached hydrogen (secondary N) is 2. The maximum atomic E-state index is 12.2. The van der Waals surface area contributed by atoms with Crippen LogP contribution in [0.25, 0.3) is 0 Å². The third-order valence-electron chi connectivity index (χ3n) is 3.39. The smallest absolute Gasteiger partial charge is 0.251 e. The van der Waals surface area contributed by atoms with Crippen LogP contribution in [0.2, 0.25) is 0 Å². The first kappa shape index (κ1) is 12.0. The maximum Gasteiger partial charge on any atom is 0.251 e. The van der Waals surface area contributed by atoms with Crippen LogP contribution in [-0.2, 0) is 19.5 Å². The summed E-state index contributed by atoms with van der Waals surface area (Å²) in [6.07, 6.45) is 2.59. The van der Waals surface area contributed by atoms with Crippen molar-refractivity contribution < 1.29 is 9.21 Å². The van der Waals surface area contributed by atoms with Crippen LogP contribution in [0.3, 0.4) is 0 Å². The second-order valence-electron chi connectivity index (χ2n) is 4.63. The molecule has 1 aliphatic heterocycles. The number of fused-ring (bicyclic) bond motifs is 1. The number of furan rings is 1. The molecule has 98 valence electrons. The Labute approximate surface area is 111 Å². The van der Waals surface area contributed by atoms with Crippen molar-refractivity contribution in [1.29, 1.82) is 0 Å². The Bertz CT molecular complexity index is 576. The van der Waals surface area contributed by atoms with Gasteiger partial charge in [-0.3, -0.25) is 4.79 Å². The van der Waals surface area contributed by atoms with Crippen LogP contribution < -0.4 is 10.6 Å². The summed E-state index contributed by atoms with van der Waals surface area (Å²) in [5, 5.41) is 6.20. The van der Waals surface area contributed by atoms with Gasteiger partial charge in [0.25, 0.3) is 5.91 Å². The predicted molar refractivity (Wildman–Crippen MR) is 71.7 cm³/mol. The van der Waals surface area contributed by atoms with Gasteiger partial charge >= 0.3 is 0 Å².